The number of methoxy groups -OCH3 is 1. The van der Waals surface area contributed by atoms with Gasteiger partial charge in [0.1, 0.15) is 5.60 Å². The van der Waals surface area contributed by atoms with E-state index in [1.165, 1.54) is 57.8 Å². The largest absolute Gasteiger partial charge is 0.381 e. The van der Waals surface area contributed by atoms with E-state index in [1.54, 1.807) is 0 Å². The summed E-state index contributed by atoms with van der Waals surface area (Å²) in [6.45, 7) is 5.10. The molecule has 2 nitrogen and oxygen atoms in total. The van der Waals surface area contributed by atoms with Crippen molar-refractivity contribution >= 4 is 0 Å². The fourth-order valence-electron chi connectivity index (χ4n) is 8.16. The Bertz CT molecular complexity index is 657. The van der Waals surface area contributed by atoms with Crippen LogP contribution in [0, 0.1) is 52.3 Å². The maximum Gasteiger partial charge on any atom is 0.125 e. The molecule has 1 N–H and O–H groups in total. The molecule has 0 aromatic heterocycles. The first-order chi connectivity index (χ1) is 12.9. The van der Waals surface area contributed by atoms with Crippen LogP contribution in [-0.2, 0) is 4.74 Å². The van der Waals surface area contributed by atoms with Gasteiger partial charge >= 0.3 is 0 Å². The molecular formula is C25H38O2. The summed E-state index contributed by atoms with van der Waals surface area (Å²) in [5, 5.41) is 11.2. The van der Waals surface area contributed by atoms with E-state index in [4.69, 9.17) is 4.74 Å². The summed E-state index contributed by atoms with van der Waals surface area (Å²) in [6.07, 6.45) is 14.0. The van der Waals surface area contributed by atoms with Crippen molar-refractivity contribution in [3.8, 4) is 11.8 Å². The van der Waals surface area contributed by atoms with Crippen LogP contribution in [0.3, 0.4) is 0 Å². The van der Waals surface area contributed by atoms with Crippen LogP contribution in [0.25, 0.3) is 0 Å². The van der Waals surface area contributed by atoms with Gasteiger partial charge in [0.25, 0.3) is 0 Å². The first-order valence-corrected chi connectivity index (χ1v) is 11.7. The molecule has 0 unspecified atom stereocenters. The quantitative estimate of drug-likeness (QED) is 0.644. The fraction of sp³-hybridized carbons (Fsp3) is 0.920. The standard InChI is InChI=1S/C25H38O2/c1-23-14-15-25(26,13-10-17-4-5-17)16-18(23)6-7-19-20-8-9-22(27-3)24(20,2)12-11-21(19)23/h17-22,26H,4-9,11-12,14-16H2,1-3H3/t18-,19+,20+,21+,22+,23+,24+,25-/m1/s1. The lowest BCUT2D eigenvalue weighted by atomic mass is 9.44. The highest BCUT2D eigenvalue weighted by atomic mass is 16.5. The van der Waals surface area contributed by atoms with Crippen molar-refractivity contribution in [3.63, 3.8) is 0 Å². The Balaban J connectivity index is 1.36. The summed E-state index contributed by atoms with van der Waals surface area (Å²) < 4.78 is 5.93. The Labute approximate surface area is 165 Å². The first kappa shape index (κ1) is 18.5. The summed E-state index contributed by atoms with van der Waals surface area (Å²) in [6, 6.07) is 0. The minimum Gasteiger partial charge on any atom is -0.381 e. The number of rotatable bonds is 1. The van der Waals surface area contributed by atoms with Gasteiger partial charge in [0, 0.05) is 13.0 Å². The summed E-state index contributed by atoms with van der Waals surface area (Å²) in [5.41, 5.74) is 0.129. The van der Waals surface area contributed by atoms with E-state index >= 15 is 0 Å². The SMILES string of the molecule is CO[C@H]1CC[C@H]2[C@@H]3CC[C@@H]4C[C@@](O)(C#CC5CC5)CC[C@]4(C)[C@H]3CC[C@]12C. The molecule has 5 aliphatic rings. The lowest BCUT2D eigenvalue weighted by molar-refractivity contribution is -0.146. The molecule has 0 radical (unpaired) electrons. The van der Waals surface area contributed by atoms with Gasteiger partial charge in [0.05, 0.1) is 6.10 Å². The lowest BCUT2D eigenvalue weighted by Gasteiger charge is -2.61. The average Bonchev–Trinajstić information content (AvgIpc) is 3.41. The third-order valence-electron chi connectivity index (χ3n) is 10.0. The van der Waals surface area contributed by atoms with Gasteiger partial charge in [0.15, 0.2) is 0 Å². The van der Waals surface area contributed by atoms with Crippen LogP contribution >= 0.6 is 0 Å². The van der Waals surface area contributed by atoms with Gasteiger partial charge in [-0.3, -0.25) is 0 Å². The number of hydrogen-bond donors (Lipinski definition) is 1. The van der Waals surface area contributed by atoms with Crippen LogP contribution in [0.15, 0.2) is 0 Å². The number of ether oxygens (including phenoxy) is 1. The minimum atomic E-state index is -0.697. The second kappa shape index (κ2) is 6.24. The first-order valence-electron chi connectivity index (χ1n) is 11.7. The predicted molar refractivity (Wildman–Crippen MR) is 108 cm³/mol. The zero-order valence-electron chi connectivity index (χ0n) is 17.6. The van der Waals surface area contributed by atoms with Crippen molar-refractivity contribution in [1.82, 2.24) is 0 Å². The molecule has 5 aliphatic carbocycles. The van der Waals surface area contributed by atoms with Crippen LogP contribution < -0.4 is 0 Å². The van der Waals surface area contributed by atoms with Crippen LogP contribution in [-0.4, -0.2) is 23.9 Å². The Hall–Kier alpha value is -0.520. The molecule has 150 valence electrons. The predicted octanol–water partition coefficient (Wildman–Crippen LogP) is 5.19. The summed E-state index contributed by atoms with van der Waals surface area (Å²) in [5.74, 6) is 10.5. The normalized spacial score (nSPS) is 54.3. The minimum absolute atomic E-state index is 0.407. The number of hydrogen-bond acceptors (Lipinski definition) is 2. The fourth-order valence-corrected chi connectivity index (χ4v) is 8.16. The number of aliphatic hydroxyl groups is 1. The zero-order valence-corrected chi connectivity index (χ0v) is 17.6. The van der Waals surface area contributed by atoms with Gasteiger partial charge in [-0.2, -0.15) is 0 Å². The third-order valence-corrected chi connectivity index (χ3v) is 10.0. The van der Waals surface area contributed by atoms with Gasteiger partial charge in [-0.15, -0.1) is 0 Å². The highest BCUT2D eigenvalue weighted by molar-refractivity contribution is 5.22. The van der Waals surface area contributed by atoms with Gasteiger partial charge in [-0.1, -0.05) is 25.7 Å². The maximum atomic E-state index is 11.2. The highest BCUT2D eigenvalue weighted by Crippen LogP contribution is 2.67. The molecule has 5 fully saturated rings. The molecule has 2 heteroatoms. The van der Waals surface area contributed by atoms with Crippen LogP contribution in [0.5, 0.6) is 0 Å². The van der Waals surface area contributed by atoms with E-state index < -0.39 is 5.60 Å². The molecule has 5 saturated carbocycles. The average molecular weight is 371 g/mol. The van der Waals surface area contributed by atoms with Crippen molar-refractivity contribution in [2.75, 3.05) is 7.11 Å². The van der Waals surface area contributed by atoms with Crippen LogP contribution in [0.4, 0.5) is 0 Å². The second-order valence-electron chi connectivity index (χ2n) is 11.3. The maximum absolute atomic E-state index is 11.2. The van der Waals surface area contributed by atoms with Crippen LogP contribution in [0.2, 0.25) is 0 Å². The Morgan fingerprint density at radius 3 is 2.37 bits per heavy atom. The van der Waals surface area contributed by atoms with Crippen molar-refractivity contribution in [3.05, 3.63) is 0 Å². The Morgan fingerprint density at radius 2 is 1.63 bits per heavy atom. The van der Waals surface area contributed by atoms with Gasteiger partial charge in [-0.25, -0.2) is 0 Å². The molecule has 0 aromatic carbocycles. The molecule has 5 rings (SSSR count). The van der Waals surface area contributed by atoms with E-state index in [0.29, 0.717) is 28.8 Å². The van der Waals surface area contributed by atoms with Gasteiger partial charge in [0.2, 0.25) is 0 Å². The summed E-state index contributed by atoms with van der Waals surface area (Å²) in [4.78, 5) is 0. The molecule has 0 heterocycles. The monoisotopic (exact) mass is 370 g/mol. The Kier molecular flexibility index (Phi) is 4.27. The van der Waals surface area contributed by atoms with Crippen molar-refractivity contribution in [1.29, 1.82) is 0 Å². The van der Waals surface area contributed by atoms with E-state index in [9.17, 15) is 5.11 Å². The topological polar surface area (TPSA) is 29.5 Å². The van der Waals surface area contributed by atoms with Crippen molar-refractivity contribution in [2.24, 2.45) is 40.4 Å². The van der Waals surface area contributed by atoms with Crippen LogP contribution in [0.1, 0.15) is 84.5 Å². The molecule has 0 bridgehead atoms. The van der Waals surface area contributed by atoms with Gasteiger partial charge < -0.3 is 9.84 Å². The third kappa shape index (κ3) is 2.83. The molecule has 0 amide bonds. The summed E-state index contributed by atoms with van der Waals surface area (Å²) in [7, 11) is 1.92. The molecule has 0 saturated heterocycles. The van der Waals surface area contributed by atoms with E-state index in [2.05, 4.69) is 25.7 Å². The molecule has 27 heavy (non-hydrogen) atoms. The van der Waals surface area contributed by atoms with Gasteiger partial charge in [-0.05, 0) is 105 Å². The van der Waals surface area contributed by atoms with E-state index in [-0.39, 0.29) is 0 Å². The second-order valence-corrected chi connectivity index (χ2v) is 11.3. The van der Waals surface area contributed by atoms with Crippen molar-refractivity contribution < 1.29 is 9.84 Å². The van der Waals surface area contributed by atoms with E-state index in [1.807, 2.05) is 7.11 Å². The smallest absolute Gasteiger partial charge is 0.125 e. The molecular weight excluding hydrogens is 332 g/mol. The van der Waals surface area contributed by atoms with Crippen molar-refractivity contribution in [2.45, 2.75) is 96.2 Å². The van der Waals surface area contributed by atoms with E-state index in [0.717, 1.165) is 30.6 Å². The zero-order chi connectivity index (χ0) is 18.9. The highest BCUT2D eigenvalue weighted by Gasteiger charge is 2.61. The molecule has 0 spiro atoms. The molecule has 0 aliphatic heterocycles. The summed E-state index contributed by atoms with van der Waals surface area (Å²) >= 11 is 0. The Morgan fingerprint density at radius 1 is 0.852 bits per heavy atom. The molecule has 0 aromatic rings. The lowest BCUT2D eigenvalue weighted by Crippen LogP contribution is -2.56. The molecule has 8 atom stereocenters. The number of fused-ring (bicyclic) bond motifs is 5.